The fourth-order valence-electron chi connectivity index (χ4n) is 3.64. The summed E-state index contributed by atoms with van der Waals surface area (Å²) in [6.07, 6.45) is 8.87. The number of piperidine rings is 1. The van der Waals surface area contributed by atoms with Gasteiger partial charge in [0, 0.05) is 50.8 Å². The molecule has 1 atom stereocenters. The van der Waals surface area contributed by atoms with Gasteiger partial charge in [-0.3, -0.25) is 0 Å². The lowest BCUT2D eigenvalue weighted by molar-refractivity contribution is 0.477. The molecule has 1 unspecified atom stereocenters. The number of hydrogen-bond donors (Lipinski definition) is 1. The Morgan fingerprint density at radius 1 is 1.00 bits per heavy atom. The molecule has 2 fully saturated rings. The van der Waals surface area contributed by atoms with Crippen molar-refractivity contribution in [3.8, 4) is 0 Å². The van der Waals surface area contributed by atoms with Crippen molar-refractivity contribution in [3.63, 3.8) is 0 Å². The Morgan fingerprint density at radius 2 is 1.78 bits per heavy atom. The van der Waals surface area contributed by atoms with Crippen LogP contribution in [0.1, 0.15) is 25.7 Å². The molecule has 2 saturated heterocycles. The van der Waals surface area contributed by atoms with Crippen molar-refractivity contribution < 1.29 is 8.42 Å². The zero-order chi connectivity index (χ0) is 18.7. The van der Waals surface area contributed by atoms with E-state index in [-0.39, 0.29) is 10.9 Å². The van der Waals surface area contributed by atoms with Crippen molar-refractivity contribution in [2.45, 2.75) is 36.6 Å². The largest absolute Gasteiger partial charge is 0.366 e. The highest BCUT2D eigenvalue weighted by Gasteiger charge is 2.27. The predicted molar refractivity (Wildman–Crippen MR) is 103 cm³/mol. The smallest absolute Gasteiger partial charge is 0.244 e. The average molecular weight is 388 g/mol. The van der Waals surface area contributed by atoms with Crippen LogP contribution in [0.25, 0.3) is 0 Å². The number of pyridine rings is 1. The van der Waals surface area contributed by atoms with E-state index in [2.05, 4.69) is 25.2 Å². The van der Waals surface area contributed by atoms with Crippen LogP contribution in [0, 0.1) is 0 Å². The summed E-state index contributed by atoms with van der Waals surface area (Å²) in [6, 6.07) is 5.42. The topological polar surface area (TPSA) is 91.3 Å². The van der Waals surface area contributed by atoms with Crippen LogP contribution in [0.2, 0.25) is 0 Å². The Bertz CT molecular complexity index is 853. The van der Waals surface area contributed by atoms with Gasteiger partial charge in [-0.2, -0.15) is 4.31 Å². The van der Waals surface area contributed by atoms with E-state index in [1.165, 1.54) is 10.5 Å². The highest BCUT2D eigenvalue weighted by molar-refractivity contribution is 7.89. The van der Waals surface area contributed by atoms with E-state index in [1.807, 2.05) is 6.07 Å². The molecule has 0 bridgehead atoms. The summed E-state index contributed by atoms with van der Waals surface area (Å²) < 4.78 is 26.7. The SMILES string of the molecule is O=S(=O)(c1ccc(NC2CCCN(c3ncccn3)C2)nc1)N1CCCC1. The molecule has 144 valence electrons. The third kappa shape index (κ3) is 4.03. The lowest BCUT2D eigenvalue weighted by Crippen LogP contribution is -2.43. The lowest BCUT2D eigenvalue weighted by Gasteiger charge is -2.33. The molecule has 4 rings (SSSR count). The second-order valence-corrected chi connectivity index (χ2v) is 8.91. The van der Waals surface area contributed by atoms with E-state index < -0.39 is 10.0 Å². The Kier molecular flexibility index (Phi) is 5.22. The van der Waals surface area contributed by atoms with Gasteiger partial charge in [-0.25, -0.2) is 23.4 Å². The number of sulfonamides is 1. The number of aromatic nitrogens is 3. The molecule has 0 amide bonds. The minimum absolute atomic E-state index is 0.219. The monoisotopic (exact) mass is 388 g/mol. The third-order valence-corrected chi connectivity index (χ3v) is 6.93. The van der Waals surface area contributed by atoms with E-state index in [0.717, 1.165) is 44.7 Å². The van der Waals surface area contributed by atoms with Crippen LogP contribution in [-0.2, 0) is 10.0 Å². The summed E-state index contributed by atoms with van der Waals surface area (Å²) in [4.78, 5) is 15.4. The van der Waals surface area contributed by atoms with Gasteiger partial charge in [0.25, 0.3) is 0 Å². The summed E-state index contributed by atoms with van der Waals surface area (Å²) in [6.45, 7) is 2.92. The van der Waals surface area contributed by atoms with Crippen molar-refractivity contribution >= 4 is 21.8 Å². The van der Waals surface area contributed by atoms with E-state index in [0.29, 0.717) is 18.9 Å². The van der Waals surface area contributed by atoms with E-state index >= 15 is 0 Å². The molecule has 4 heterocycles. The fraction of sp³-hybridized carbons (Fsp3) is 0.500. The van der Waals surface area contributed by atoms with Gasteiger partial charge < -0.3 is 10.2 Å². The molecule has 27 heavy (non-hydrogen) atoms. The summed E-state index contributed by atoms with van der Waals surface area (Å²) >= 11 is 0. The molecule has 2 aliphatic heterocycles. The Labute approximate surface area is 159 Å². The molecule has 0 radical (unpaired) electrons. The van der Waals surface area contributed by atoms with Crippen LogP contribution in [0.3, 0.4) is 0 Å². The van der Waals surface area contributed by atoms with Crippen molar-refractivity contribution in [2.75, 3.05) is 36.4 Å². The first-order valence-electron chi connectivity index (χ1n) is 9.38. The van der Waals surface area contributed by atoms with Crippen LogP contribution < -0.4 is 10.2 Å². The summed E-state index contributed by atoms with van der Waals surface area (Å²) in [7, 11) is -3.42. The first-order valence-corrected chi connectivity index (χ1v) is 10.8. The summed E-state index contributed by atoms with van der Waals surface area (Å²) in [5, 5.41) is 3.41. The van der Waals surface area contributed by atoms with Gasteiger partial charge in [-0.05, 0) is 43.9 Å². The normalized spacial score (nSPS) is 21.3. The van der Waals surface area contributed by atoms with Gasteiger partial charge >= 0.3 is 0 Å². The Morgan fingerprint density at radius 3 is 2.48 bits per heavy atom. The number of hydrogen-bond acceptors (Lipinski definition) is 7. The molecule has 1 N–H and O–H groups in total. The molecule has 0 aromatic carbocycles. The molecule has 9 heteroatoms. The molecule has 8 nitrogen and oxygen atoms in total. The number of nitrogens with one attached hydrogen (secondary N) is 1. The first kappa shape index (κ1) is 18.1. The Balaban J connectivity index is 1.41. The third-order valence-electron chi connectivity index (χ3n) is 5.05. The molecular weight excluding hydrogens is 364 g/mol. The highest BCUT2D eigenvalue weighted by atomic mass is 32.2. The highest BCUT2D eigenvalue weighted by Crippen LogP contribution is 2.22. The van der Waals surface area contributed by atoms with Crippen LogP contribution in [0.4, 0.5) is 11.8 Å². The first-order chi connectivity index (χ1) is 13.1. The lowest BCUT2D eigenvalue weighted by atomic mass is 10.1. The van der Waals surface area contributed by atoms with Gasteiger partial charge in [-0.15, -0.1) is 0 Å². The zero-order valence-electron chi connectivity index (χ0n) is 15.2. The van der Waals surface area contributed by atoms with E-state index in [9.17, 15) is 8.42 Å². The molecule has 0 saturated carbocycles. The van der Waals surface area contributed by atoms with E-state index in [1.54, 1.807) is 24.5 Å². The fourth-order valence-corrected chi connectivity index (χ4v) is 5.10. The van der Waals surface area contributed by atoms with Crippen LogP contribution >= 0.6 is 0 Å². The summed E-state index contributed by atoms with van der Waals surface area (Å²) in [5.41, 5.74) is 0. The van der Waals surface area contributed by atoms with Gasteiger partial charge in [0.2, 0.25) is 16.0 Å². The maximum absolute atomic E-state index is 12.6. The minimum atomic E-state index is -3.42. The maximum Gasteiger partial charge on any atom is 0.244 e. The average Bonchev–Trinajstić information content (AvgIpc) is 3.25. The molecule has 2 aromatic rings. The molecule has 2 aromatic heterocycles. The number of rotatable bonds is 5. The van der Waals surface area contributed by atoms with Crippen molar-refractivity contribution in [1.29, 1.82) is 0 Å². The molecule has 2 aliphatic rings. The van der Waals surface area contributed by atoms with Gasteiger partial charge in [0.15, 0.2) is 0 Å². The quantitative estimate of drug-likeness (QED) is 0.834. The Hall–Kier alpha value is -2.26. The van der Waals surface area contributed by atoms with Gasteiger partial charge in [-0.1, -0.05) is 0 Å². The second-order valence-electron chi connectivity index (χ2n) is 6.97. The zero-order valence-corrected chi connectivity index (χ0v) is 16.0. The number of anilines is 2. The standard InChI is InChI=1S/C18H24N6O2S/c25-27(26,24-11-1-2-12-24)16-6-7-17(21-13-16)22-15-5-3-10-23(14-15)18-19-8-4-9-20-18/h4,6-9,13,15H,1-3,5,10-12,14H2,(H,21,22). The van der Waals surface area contributed by atoms with Crippen LogP contribution in [0.5, 0.6) is 0 Å². The molecule has 0 aliphatic carbocycles. The van der Waals surface area contributed by atoms with Crippen LogP contribution in [0.15, 0.2) is 41.7 Å². The summed E-state index contributed by atoms with van der Waals surface area (Å²) in [5.74, 6) is 1.43. The molecular formula is C18H24N6O2S. The van der Waals surface area contributed by atoms with Crippen molar-refractivity contribution in [2.24, 2.45) is 0 Å². The predicted octanol–water partition coefficient (Wildman–Crippen LogP) is 1.74. The van der Waals surface area contributed by atoms with Gasteiger partial charge in [0.05, 0.1) is 0 Å². The maximum atomic E-state index is 12.6. The van der Waals surface area contributed by atoms with Crippen molar-refractivity contribution in [1.82, 2.24) is 19.3 Å². The van der Waals surface area contributed by atoms with E-state index in [4.69, 9.17) is 0 Å². The van der Waals surface area contributed by atoms with Gasteiger partial charge in [0.1, 0.15) is 10.7 Å². The van der Waals surface area contributed by atoms with Crippen LogP contribution in [-0.4, -0.2) is 59.9 Å². The minimum Gasteiger partial charge on any atom is -0.366 e. The molecule has 0 spiro atoms. The second kappa shape index (κ2) is 7.77. The van der Waals surface area contributed by atoms with Crippen molar-refractivity contribution in [3.05, 3.63) is 36.8 Å². The number of nitrogens with zero attached hydrogens (tertiary/aromatic N) is 5.